The van der Waals surface area contributed by atoms with Gasteiger partial charge in [0.15, 0.2) is 0 Å². The van der Waals surface area contributed by atoms with E-state index in [1.54, 1.807) is 18.2 Å². The average Bonchev–Trinajstić information content (AvgIpc) is 2.70. The number of carbonyl (C=O) groups is 1. The van der Waals surface area contributed by atoms with Crippen LogP contribution in [0.15, 0.2) is 82.8 Å². The molecule has 3 aromatic carbocycles. The minimum absolute atomic E-state index is 0.0367. The number of hydrogen-bond donors (Lipinski definition) is 1. The van der Waals surface area contributed by atoms with Gasteiger partial charge in [-0.25, -0.2) is 0 Å². The Labute approximate surface area is 177 Å². The number of rotatable bonds is 5. The molecule has 0 heterocycles. The van der Waals surface area contributed by atoms with E-state index < -0.39 is 5.91 Å². The Kier molecular flexibility index (Phi) is 6.65. The summed E-state index contributed by atoms with van der Waals surface area (Å²) in [6.45, 7) is 0. The third-order valence-electron chi connectivity index (χ3n) is 4.12. The predicted molar refractivity (Wildman–Crippen MR) is 117 cm³/mol. The quantitative estimate of drug-likeness (QED) is 0.369. The Morgan fingerprint density at radius 3 is 2.43 bits per heavy atom. The number of nitrogens with zero attached hydrogens (tertiary/aromatic N) is 1. The van der Waals surface area contributed by atoms with Crippen LogP contribution < -0.4 is 5.32 Å². The second kappa shape index (κ2) is 9.36. The first kappa shape index (κ1) is 19.9. The highest BCUT2D eigenvalue weighted by molar-refractivity contribution is 9.10. The molecule has 1 amide bonds. The first-order chi connectivity index (χ1) is 13.6. The van der Waals surface area contributed by atoms with Crippen molar-refractivity contribution < 1.29 is 4.79 Å². The molecule has 3 aromatic rings. The number of carbonyl (C=O) groups excluding carboxylic acids is 1. The minimum atomic E-state index is -0.440. The molecular formula is C23H16BrClN2O. The van der Waals surface area contributed by atoms with Crippen molar-refractivity contribution in [3.05, 3.63) is 105 Å². The molecule has 3 rings (SSSR count). The molecule has 0 aliphatic heterocycles. The van der Waals surface area contributed by atoms with Crippen molar-refractivity contribution in [3.63, 3.8) is 0 Å². The molecule has 3 nitrogen and oxygen atoms in total. The fraction of sp³-hybridized carbons (Fsp3) is 0.0435. The van der Waals surface area contributed by atoms with E-state index in [1.807, 2.05) is 66.7 Å². The maximum absolute atomic E-state index is 12.4. The molecule has 0 aromatic heterocycles. The lowest BCUT2D eigenvalue weighted by Crippen LogP contribution is -2.13. The van der Waals surface area contributed by atoms with E-state index in [0.717, 1.165) is 26.2 Å². The van der Waals surface area contributed by atoms with Gasteiger partial charge in [0.25, 0.3) is 5.91 Å². The standard InChI is InChI=1S/C23H16BrClN2O/c24-21-13-16(10-11-17(21)14-18-6-4-5-9-22(18)25)12-19(15-26)23(28)27-20-7-2-1-3-8-20/h1-13H,14H2,(H,27,28)/b19-12+. The summed E-state index contributed by atoms with van der Waals surface area (Å²) in [7, 11) is 0. The lowest BCUT2D eigenvalue weighted by Gasteiger charge is -2.08. The van der Waals surface area contributed by atoms with E-state index in [1.165, 1.54) is 0 Å². The van der Waals surface area contributed by atoms with E-state index in [2.05, 4.69) is 21.2 Å². The molecule has 28 heavy (non-hydrogen) atoms. The summed E-state index contributed by atoms with van der Waals surface area (Å²) in [6.07, 6.45) is 2.26. The summed E-state index contributed by atoms with van der Waals surface area (Å²) in [5.74, 6) is -0.440. The third-order valence-corrected chi connectivity index (χ3v) is 5.23. The summed E-state index contributed by atoms with van der Waals surface area (Å²) in [5.41, 5.74) is 3.54. The van der Waals surface area contributed by atoms with Crippen LogP contribution in [-0.2, 0) is 11.2 Å². The molecule has 0 spiro atoms. The number of para-hydroxylation sites is 1. The van der Waals surface area contributed by atoms with Crippen LogP contribution in [-0.4, -0.2) is 5.91 Å². The summed E-state index contributed by atoms with van der Waals surface area (Å²) in [5, 5.41) is 12.8. The van der Waals surface area contributed by atoms with Crippen LogP contribution in [0.4, 0.5) is 5.69 Å². The van der Waals surface area contributed by atoms with Crippen LogP contribution in [0, 0.1) is 11.3 Å². The van der Waals surface area contributed by atoms with Crippen LogP contribution in [0.2, 0.25) is 5.02 Å². The van der Waals surface area contributed by atoms with Gasteiger partial charge in [0, 0.05) is 21.6 Å². The minimum Gasteiger partial charge on any atom is -0.321 e. The molecule has 0 fully saturated rings. The Hall–Kier alpha value is -2.87. The van der Waals surface area contributed by atoms with Gasteiger partial charge in [-0.3, -0.25) is 4.79 Å². The van der Waals surface area contributed by atoms with Crippen molar-refractivity contribution in [2.45, 2.75) is 6.42 Å². The molecule has 0 saturated carbocycles. The van der Waals surface area contributed by atoms with Gasteiger partial charge in [0.2, 0.25) is 0 Å². The highest BCUT2D eigenvalue weighted by Crippen LogP contribution is 2.26. The maximum atomic E-state index is 12.4. The highest BCUT2D eigenvalue weighted by atomic mass is 79.9. The van der Waals surface area contributed by atoms with Crippen molar-refractivity contribution in [2.75, 3.05) is 5.32 Å². The fourth-order valence-corrected chi connectivity index (χ4v) is 3.42. The number of anilines is 1. The number of halogens is 2. The van der Waals surface area contributed by atoms with Gasteiger partial charge < -0.3 is 5.32 Å². The number of benzene rings is 3. The summed E-state index contributed by atoms with van der Waals surface area (Å²) in [6, 6.07) is 24.5. The molecule has 0 aliphatic carbocycles. The Morgan fingerprint density at radius 2 is 1.75 bits per heavy atom. The molecule has 138 valence electrons. The van der Waals surface area contributed by atoms with Gasteiger partial charge in [-0.15, -0.1) is 0 Å². The maximum Gasteiger partial charge on any atom is 0.266 e. The van der Waals surface area contributed by atoms with Crippen molar-refractivity contribution in [1.82, 2.24) is 0 Å². The zero-order valence-electron chi connectivity index (χ0n) is 14.8. The Balaban J connectivity index is 1.79. The van der Waals surface area contributed by atoms with Crippen molar-refractivity contribution in [3.8, 4) is 6.07 Å². The lowest BCUT2D eigenvalue weighted by molar-refractivity contribution is -0.112. The van der Waals surface area contributed by atoms with E-state index in [4.69, 9.17) is 11.6 Å². The van der Waals surface area contributed by atoms with Gasteiger partial charge in [0.05, 0.1) is 0 Å². The van der Waals surface area contributed by atoms with Crippen molar-refractivity contribution in [2.24, 2.45) is 0 Å². The largest absolute Gasteiger partial charge is 0.321 e. The molecule has 0 bridgehead atoms. The average molecular weight is 452 g/mol. The summed E-state index contributed by atoms with van der Waals surface area (Å²) in [4.78, 5) is 12.4. The topological polar surface area (TPSA) is 52.9 Å². The van der Waals surface area contributed by atoms with Gasteiger partial charge in [-0.1, -0.05) is 76.1 Å². The second-order valence-corrected chi connectivity index (χ2v) is 7.37. The van der Waals surface area contributed by atoms with Gasteiger partial charge in [-0.2, -0.15) is 5.26 Å². The van der Waals surface area contributed by atoms with Crippen molar-refractivity contribution >= 4 is 45.2 Å². The molecule has 0 radical (unpaired) electrons. The van der Waals surface area contributed by atoms with Crippen LogP contribution >= 0.6 is 27.5 Å². The molecule has 5 heteroatoms. The highest BCUT2D eigenvalue weighted by Gasteiger charge is 2.10. The molecule has 0 aliphatic rings. The van der Waals surface area contributed by atoms with Gasteiger partial charge in [-0.05, 0) is 47.0 Å². The molecule has 1 N–H and O–H groups in total. The van der Waals surface area contributed by atoms with Crippen LogP contribution in [0.5, 0.6) is 0 Å². The predicted octanol–water partition coefficient (Wildman–Crippen LogP) is 6.24. The number of nitriles is 1. The van der Waals surface area contributed by atoms with Gasteiger partial charge in [0.1, 0.15) is 11.6 Å². The summed E-state index contributed by atoms with van der Waals surface area (Å²) >= 11 is 9.82. The summed E-state index contributed by atoms with van der Waals surface area (Å²) < 4.78 is 0.891. The third kappa shape index (κ3) is 5.10. The number of nitrogens with one attached hydrogen (secondary N) is 1. The lowest BCUT2D eigenvalue weighted by atomic mass is 10.0. The van der Waals surface area contributed by atoms with Gasteiger partial charge >= 0.3 is 0 Å². The zero-order chi connectivity index (χ0) is 19.9. The molecule has 0 unspecified atom stereocenters. The molecule has 0 atom stereocenters. The Morgan fingerprint density at radius 1 is 1.04 bits per heavy atom. The Bertz CT molecular complexity index is 1070. The van der Waals surface area contributed by atoms with E-state index in [0.29, 0.717) is 12.1 Å². The SMILES string of the molecule is N#C/C(=C\c1ccc(Cc2ccccc2Cl)c(Br)c1)C(=O)Nc1ccccc1. The fourth-order valence-electron chi connectivity index (χ4n) is 2.68. The second-order valence-electron chi connectivity index (χ2n) is 6.11. The normalized spacial score (nSPS) is 11.0. The van der Waals surface area contributed by atoms with E-state index in [-0.39, 0.29) is 5.57 Å². The molecule has 0 saturated heterocycles. The first-order valence-corrected chi connectivity index (χ1v) is 9.74. The van der Waals surface area contributed by atoms with Crippen LogP contribution in [0.1, 0.15) is 16.7 Å². The van der Waals surface area contributed by atoms with E-state index >= 15 is 0 Å². The van der Waals surface area contributed by atoms with Crippen LogP contribution in [0.25, 0.3) is 6.08 Å². The zero-order valence-corrected chi connectivity index (χ0v) is 17.2. The monoisotopic (exact) mass is 450 g/mol. The van der Waals surface area contributed by atoms with E-state index in [9.17, 15) is 10.1 Å². The molecular weight excluding hydrogens is 436 g/mol. The van der Waals surface area contributed by atoms with Crippen LogP contribution in [0.3, 0.4) is 0 Å². The number of hydrogen-bond acceptors (Lipinski definition) is 2. The first-order valence-electron chi connectivity index (χ1n) is 8.57. The smallest absolute Gasteiger partial charge is 0.266 e. The number of amides is 1. The van der Waals surface area contributed by atoms with Crippen molar-refractivity contribution in [1.29, 1.82) is 5.26 Å².